The van der Waals surface area contributed by atoms with Crippen LogP contribution in [0.4, 0.5) is 11.4 Å². The van der Waals surface area contributed by atoms with Crippen molar-refractivity contribution in [1.29, 1.82) is 0 Å². The molecule has 3 unspecified atom stereocenters. The molecule has 3 N–H and O–H groups in total. The number of ether oxygens (including phenoxy) is 1. The van der Waals surface area contributed by atoms with Crippen LogP contribution in [0.1, 0.15) is 13.3 Å². The molecular weight excluding hydrogens is 314 g/mol. The Balaban J connectivity index is 2.18. The molecule has 1 fully saturated rings. The van der Waals surface area contributed by atoms with Gasteiger partial charge in [0, 0.05) is 23.2 Å². The maximum absolute atomic E-state index is 11.0. The molecule has 6 nitrogen and oxygen atoms in total. The average molecular weight is 330 g/mol. The van der Waals surface area contributed by atoms with Gasteiger partial charge in [-0.25, -0.2) is 0 Å². The van der Waals surface area contributed by atoms with E-state index in [1.165, 1.54) is 6.07 Å². The molecule has 0 aromatic heterocycles. The van der Waals surface area contributed by atoms with Gasteiger partial charge in [-0.3, -0.25) is 10.1 Å². The fraction of sp³-hybridized carbons (Fsp3) is 0.500. The zero-order chi connectivity index (χ0) is 14.0. The smallest absolute Gasteiger partial charge is 0.292 e. The van der Waals surface area contributed by atoms with Crippen LogP contribution < -0.4 is 11.1 Å². The summed E-state index contributed by atoms with van der Waals surface area (Å²) in [6.45, 7) is 2.53. The van der Waals surface area contributed by atoms with Gasteiger partial charge in [0.1, 0.15) is 5.69 Å². The summed E-state index contributed by atoms with van der Waals surface area (Å²) in [6.07, 6.45) is 0.784. The van der Waals surface area contributed by atoms with Gasteiger partial charge in [0.15, 0.2) is 0 Å². The van der Waals surface area contributed by atoms with Crippen LogP contribution in [-0.2, 0) is 4.74 Å². The van der Waals surface area contributed by atoms with Gasteiger partial charge in [-0.2, -0.15) is 0 Å². The lowest BCUT2D eigenvalue weighted by molar-refractivity contribution is -0.384. The van der Waals surface area contributed by atoms with E-state index in [4.69, 9.17) is 10.5 Å². The third-order valence-corrected chi connectivity index (χ3v) is 3.72. The summed E-state index contributed by atoms with van der Waals surface area (Å²) in [5.41, 5.74) is 6.43. The van der Waals surface area contributed by atoms with Crippen molar-refractivity contribution in [2.75, 3.05) is 11.9 Å². The lowest BCUT2D eigenvalue weighted by atomic mass is 9.83. The van der Waals surface area contributed by atoms with Crippen molar-refractivity contribution in [3.63, 3.8) is 0 Å². The molecule has 0 amide bonds. The Morgan fingerprint density at radius 2 is 2.37 bits per heavy atom. The van der Waals surface area contributed by atoms with E-state index in [9.17, 15) is 10.1 Å². The van der Waals surface area contributed by atoms with E-state index < -0.39 is 4.92 Å². The van der Waals surface area contributed by atoms with E-state index in [0.29, 0.717) is 12.3 Å². The molecule has 0 radical (unpaired) electrons. The monoisotopic (exact) mass is 329 g/mol. The molecule has 0 saturated heterocycles. The Morgan fingerprint density at radius 3 is 2.95 bits per heavy atom. The molecule has 0 aliphatic heterocycles. The first-order valence-corrected chi connectivity index (χ1v) is 6.90. The second kappa shape index (κ2) is 5.85. The Labute approximate surface area is 119 Å². The van der Waals surface area contributed by atoms with Gasteiger partial charge in [-0.05, 0) is 25.5 Å². The third-order valence-electron chi connectivity index (χ3n) is 3.22. The van der Waals surface area contributed by atoms with Crippen molar-refractivity contribution < 1.29 is 9.66 Å². The Kier molecular flexibility index (Phi) is 4.38. The number of halogens is 1. The number of hydrogen-bond donors (Lipinski definition) is 2. The molecule has 0 spiro atoms. The molecule has 1 saturated carbocycles. The van der Waals surface area contributed by atoms with E-state index in [0.717, 1.165) is 10.9 Å². The fourth-order valence-corrected chi connectivity index (χ4v) is 2.55. The van der Waals surface area contributed by atoms with Crippen molar-refractivity contribution in [3.8, 4) is 0 Å². The SMILES string of the molecule is CCOC1CC(N)C1Nc1cc(Br)ccc1[N+](=O)[O-]. The predicted octanol–water partition coefficient (Wildman–Crippen LogP) is 2.27. The normalized spacial score (nSPS) is 25.7. The van der Waals surface area contributed by atoms with Gasteiger partial charge in [-0.1, -0.05) is 15.9 Å². The van der Waals surface area contributed by atoms with Gasteiger partial charge < -0.3 is 15.8 Å². The number of nitrogens with zero attached hydrogens (tertiary/aromatic N) is 1. The number of hydrogen-bond acceptors (Lipinski definition) is 5. The maximum Gasteiger partial charge on any atom is 0.292 e. The van der Waals surface area contributed by atoms with Crippen LogP contribution >= 0.6 is 15.9 Å². The number of rotatable bonds is 5. The minimum absolute atomic E-state index is 0.0126. The molecule has 1 aromatic rings. The van der Waals surface area contributed by atoms with Crippen LogP contribution in [0, 0.1) is 10.1 Å². The average Bonchev–Trinajstić information content (AvgIpc) is 2.35. The van der Waals surface area contributed by atoms with Crippen molar-refractivity contribution in [1.82, 2.24) is 0 Å². The predicted molar refractivity (Wildman–Crippen MR) is 76.2 cm³/mol. The number of nitrogens with two attached hydrogens (primary N) is 1. The van der Waals surface area contributed by atoms with Gasteiger partial charge in [-0.15, -0.1) is 0 Å². The summed E-state index contributed by atoms with van der Waals surface area (Å²) in [5, 5.41) is 14.1. The molecule has 1 aromatic carbocycles. The standard InChI is InChI=1S/C12H16BrN3O3/c1-2-19-11-6-8(14)12(11)15-9-5-7(13)3-4-10(9)16(17)18/h3-5,8,11-12,15H,2,6,14H2,1H3. The van der Waals surface area contributed by atoms with Crippen LogP contribution in [0.25, 0.3) is 0 Å². The summed E-state index contributed by atoms with van der Waals surface area (Å²) < 4.78 is 6.32. The number of nitrogens with one attached hydrogen (secondary N) is 1. The van der Waals surface area contributed by atoms with E-state index in [2.05, 4.69) is 21.2 Å². The van der Waals surface area contributed by atoms with E-state index in [-0.39, 0.29) is 23.9 Å². The van der Waals surface area contributed by atoms with Crippen molar-refractivity contribution in [2.24, 2.45) is 5.73 Å². The maximum atomic E-state index is 11.0. The fourth-order valence-electron chi connectivity index (χ4n) is 2.19. The van der Waals surface area contributed by atoms with E-state index in [1.807, 2.05) is 6.92 Å². The van der Waals surface area contributed by atoms with Gasteiger partial charge in [0.05, 0.1) is 17.1 Å². The molecule has 0 heterocycles. The number of anilines is 1. The lowest BCUT2D eigenvalue weighted by Gasteiger charge is -2.42. The minimum Gasteiger partial charge on any atom is -0.376 e. The quantitative estimate of drug-likeness (QED) is 0.638. The summed E-state index contributed by atoms with van der Waals surface area (Å²) in [6, 6.07) is 4.66. The number of nitro groups is 1. The molecule has 104 valence electrons. The highest BCUT2D eigenvalue weighted by Crippen LogP contribution is 2.32. The van der Waals surface area contributed by atoms with Crippen LogP contribution in [0.15, 0.2) is 22.7 Å². The highest BCUT2D eigenvalue weighted by molar-refractivity contribution is 9.10. The second-order valence-corrected chi connectivity index (χ2v) is 5.40. The molecule has 0 bridgehead atoms. The summed E-state index contributed by atoms with van der Waals surface area (Å²) in [7, 11) is 0. The lowest BCUT2D eigenvalue weighted by Crippen LogP contribution is -2.60. The zero-order valence-corrected chi connectivity index (χ0v) is 12.1. The second-order valence-electron chi connectivity index (χ2n) is 4.48. The molecular formula is C12H16BrN3O3. The van der Waals surface area contributed by atoms with Crippen molar-refractivity contribution >= 4 is 27.3 Å². The van der Waals surface area contributed by atoms with Crippen molar-refractivity contribution in [2.45, 2.75) is 31.5 Å². The highest BCUT2D eigenvalue weighted by Gasteiger charge is 2.40. The Bertz CT molecular complexity index is 481. The molecule has 19 heavy (non-hydrogen) atoms. The first-order valence-electron chi connectivity index (χ1n) is 6.10. The van der Waals surface area contributed by atoms with E-state index in [1.54, 1.807) is 12.1 Å². The van der Waals surface area contributed by atoms with E-state index >= 15 is 0 Å². The van der Waals surface area contributed by atoms with Gasteiger partial charge in [0.2, 0.25) is 0 Å². The molecule has 2 rings (SSSR count). The van der Waals surface area contributed by atoms with Crippen LogP contribution in [-0.4, -0.2) is 29.7 Å². The number of benzene rings is 1. The summed E-state index contributed by atoms with van der Waals surface area (Å²) in [4.78, 5) is 10.6. The largest absolute Gasteiger partial charge is 0.376 e. The highest BCUT2D eigenvalue weighted by atomic mass is 79.9. The molecule has 1 aliphatic rings. The Morgan fingerprint density at radius 1 is 1.63 bits per heavy atom. The van der Waals surface area contributed by atoms with Gasteiger partial charge >= 0.3 is 0 Å². The van der Waals surface area contributed by atoms with Crippen LogP contribution in [0.5, 0.6) is 0 Å². The summed E-state index contributed by atoms with van der Waals surface area (Å²) >= 11 is 3.31. The third kappa shape index (κ3) is 3.05. The minimum atomic E-state index is -0.408. The van der Waals surface area contributed by atoms with Crippen LogP contribution in [0.3, 0.4) is 0 Å². The topological polar surface area (TPSA) is 90.4 Å². The molecule has 7 heteroatoms. The zero-order valence-electron chi connectivity index (χ0n) is 10.5. The Hall–Kier alpha value is -1.18. The first-order chi connectivity index (χ1) is 9.02. The summed E-state index contributed by atoms with van der Waals surface area (Å²) in [5.74, 6) is 0. The molecule has 1 aliphatic carbocycles. The van der Waals surface area contributed by atoms with Crippen molar-refractivity contribution in [3.05, 3.63) is 32.8 Å². The molecule has 3 atom stereocenters. The van der Waals surface area contributed by atoms with Gasteiger partial charge in [0.25, 0.3) is 5.69 Å². The first kappa shape index (κ1) is 14.2. The number of nitro benzene ring substituents is 1. The van der Waals surface area contributed by atoms with Crippen LogP contribution in [0.2, 0.25) is 0 Å².